The molecule has 0 saturated carbocycles. The third kappa shape index (κ3) is 4.14. The first-order valence-corrected chi connectivity index (χ1v) is 8.97. The van der Waals surface area contributed by atoms with Crippen LogP contribution >= 0.6 is 11.6 Å². The Kier molecular flexibility index (Phi) is 5.61. The highest BCUT2D eigenvalue weighted by atomic mass is 35.5. The average molecular weight is 359 g/mol. The summed E-state index contributed by atoms with van der Waals surface area (Å²) >= 11 is 6.02. The van der Waals surface area contributed by atoms with Crippen LogP contribution in [0.25, 0.3) is 0 Å². The van der Waals surface area contributed by atoms with Gasteiger partial charge in [-0.25, -0.2) is 4.79 Å². The molecule has 3 rings (SSSR count). The fraction of sp³-hybridized carbons (Fsp3) is 0.350. The molecular weight excluding hydrogens is 336 g/mol. The molecule has 4 nitrogen and oxygen atoms in total. The van der Waals surface area contributed by atoms with Crippen LogP contribution in [0.2, 0.25) is 5.02 Å². The molecule has 1 aliphatic heterocycles. The van der Waals surface area contributed by atoms with E-state index in [-0.39, 0.29) is 12.0 Å². The minimum atomic E-state index is -0.854. The zero-order valence-electron chi connectivity index (χ0n) is 14.3. The Morgan fingerprint density at radius 2 is 1.84 bits per heavy atom. The molecule has 1 amide bonds. The number of nitrogens with zero attached hydrogens (tertiary/aromatic N) is 2. The maximum Gasteiger partial charge on any atom is 0.407 e. The van der Waals surface area contributed by atoms with Crippen LogP contribution in [0.1, 0.15) is 24.0 Å². The Morgan fingerprint density at radius 3 is 2.44 bits per heavy atom. The highest BCUT2D eigenvalue weighted by Crippen LogP contribution is 2.32. The molecule has 5 heteroatoms. The van der Waals surface area contributed by atoms with E-state index in [4.69, 9.17) is 11.6 Å². The summed E-state index contributed by atoms with van der Waals surface area (Å²) < 4.78 is 0. The summed E-state index contributed by atoms with van der Waals surface area (Å²) in [4.78, 5) is 15.6. The van der Waals surface area contributed by atoms with Crippen molar-refractivity contribution in [3.05, 3.63) is 70.7 Å². The monoisotopic (exact) mass is 358 g/mol. The molecule has 1 saturated heterocycles. The molecule has 132 valence electrons. The summed E-state index contributed by atoms with van der Waals surface area (Å²) in [7, 11) is 0. The van der Waals surface area contributed by atoms with E-state index in [1.165, 1.54) is 5.56 Å². The normalized spacial score (nSPS) is 20.6. The number of halogens is 1. The van der Waals surface area contributed by atoms with Crippen LogP contribution in [0.3, 0.4) is 0 Å². The van der Waals surface area contributed by atoms with Gasteiger partial charge in [0.25, 0.3) is 0 Å². The Morgan fingerprint density at radius 1 is 1.16 bits per heavy atom. The first-order chi connectivity index (χ1) is 12.1. The van der Waals surface area contributed by atoms with Gasteiger partial charge in [-0.3, -0.25) is 4.90 Å². The zero-order chi connectivity index (χ0) is 17.8. The largest absolute Gasteiger partial charge is 0.465 e. The van der Waals surface area contributed by atoms with E-state index in [0.717, 1.165) is 25.2 Å². The fourth-order valence-electron chi connectivity index (χ4n) is 3.70. The minimum Gasteiger partial charge on any atom is -0.465 e. The number of hydrogen-bond donors (Lipinski definition) is 1. The molecule has 0 aromatic heterocycles. The van der Waals surface area contributed by atoms with E-state index < -0.39 is 6.09 Å². The van der Waals surface area contributed by atoms with Crippen LogP contribution < -0.4 is 0 Å². The minimum absolute atomic E-state index is 0.0487. The van der Waals surface area contributed by atoms with Crippen LogP contribution in [-0.4, -0.2) is 46.7 Å². The Bertz CT molecular complexity index is 705. The average Bonchev–Trinajstić information content (AvgIpc) is 3.00. The van der Waals surface area contributed by atoms with E-state index >= 15 is 0 Å². The summed E-state index contributed by atoms with van der Waals surface area (Å²) in [6.45, 7) is 4.79. The SMILES string of the molecule is CCN(C(=O)O)[C@@H]1CN(Cc2ccccc2)C[C@H]1c1ccc(Cl)cc1. The van der Waals surface area contributed by atoms with Gasteiger partial charge < -0.3 is 10.0 Å². The van der Waals surface area contributed by atoms with Gasteiger partial charge in [0.15, 0.2) is 0 Å². The van der Waals surface area contributed by atoms with Crippen molar-refractivity contribution in [3.8, 4) is 0 Å². The van der Waals surface area contributed by atoms with E-state index in [9.17, 15) is 9.90 Å². The van der Waals surface area contributed by atoms with Gasteiger partial charge in [0, 0.05) is 37.1 Å². The standard InChI is InChI=1S/C20H23ClN2O2/c1-2-23(20(24)25)19-14-22(12-15-6-4-3-5-7-15)13-18(19)16-8-10-17(21)11-9-16/h3-11,18-19H,2,12-14H2,1H3,(H,24,25)/t18-,19+/m0/s1. The number of carbonyl (C=O) groups is 1. The van der Waals surface area contributed by atoms with Crippen molar-refractivity contribution in [2.75, 3.05) is 19.6 Å². The van der Waals surface area contributed by atoms with Gasteiger partial charge in [0.05, 0.1) is 6.04 Å². The van der Waals surface area contributed by atoms with Crippen molar-refractivity contribution in [3.63, 3.8) is 0 Å². The van der Waals surface area contributed by atoms with Gasteiger partial charge in [-0.1, -0.05) is 54.1 Å². The Labute approximate surface area is 153 Å². The number of rotatable bonds is 5. The molecule has 0 radical (unpaired) electrons. The highest BCUT2D eigenvalue weighted by molar-refractivity contribution is 6.30. The van der Waals surface area contributed by atoms with E-state index in [0.29, 0.717) is 11.6 Å². The number of likely N-dealkylation sites (tertiary alicyclic amines) is 1. The molecule has 1 aliphatic rings. The number of amides is 1. The third-order valence-corrected chi connectivity index (χ3v) is 5.15. The molecule has 2 aromatic rings. The molecule has 0 unspecified atom stereocenters. The maximum atomic E-state index is 11.7. The van der Waals surface area contributed by atoms with Gasteiger partial charge in [-0.2, -0.15) is 0 Å². The molecule has 1 heterocycles. The number of carboxylic acid groups (broad SMARTS) is 1. The van der Waals surface area contributed by atoms with Gasteiger partial charge in [-0.05, 0) is 30.2 Å². The van der Waals surface area contributed by atoms with E-state index in [1.807, 2.05) is 49.4 Å². The predicted octanol–water partition coefficient (Wildman–Crippen LogP) is 4.31. The lowest BCUT2D eigenvalue weighted by atomic mass is 9.93. The van der Waals surface area contributed by atoms with Crippen LogP contribution in [0.15, 0.2) is 54.6 Å². The molecule has 1 N–H and O–H groups in total. The number of likely N-dealkylation sites (N-methyl/N-ethyl adjacent to an activating group) is 1. The van der Waals surface area contributed by atoms with E-state index in [1.54, 1.807) is 4.90 Å². The van der Waals surface area contributed by atoms with Crippen LogP contribution in [0.4, 0.5) is 4.79 Å². The lowest BCUT2D eigenvalue weighted by Gasteiger charge is -2.29. The summed E-state index contributed by atoms with van der Waals surface area (Å²) in [5, 5.41) is 10.3. The van der Waals surface area contributed by atoms with Crippen LogP contribution in [0, 0.1) is 0 Å². The molecule has 25 heavy (non-hydrogen) atoms. The molecular formula is C20H23ClN2O2. The van der Waals surface area contributed by atoms with Crippen LogP contribution in [-0.2, 0) is 6.54 Å². The second-order valence-corrected chi connectivity index (χ2v) is 6.91. The molecule has 0 bridgehead atoms. The predicted molar refractivity (Wildman–Crippen MR) is 100 cm³/mol. The van der Waals surface area contributed by atoms with Crippen molar-refractivity contribution >= 4 is 17.7 Å². The zero-order valence-corrected chi connectivity index (χ0v) is 15.1. The summed E-state index contributed by atoms with van der Waals surface area (Å²) in [6, 6.07) is 18.0. The first kappa shape index (κ1) is 17.8. The van der Waals surface area contributed by atoms with Gasteiger partial charge in [-0.15, -0.1) is 0 Å². The van der Waals surface area contributed by atoms with Crippen molar-refractivity contribution in [1.29, 1.82) is 0 Å². The second kappa shape index (κ2) is 7.89. The Hall–Kier alpha value is -2.04. The van der Waals surface area contributed by atoms with Crippen molar-refractivity contribution in [1.82, 2.24) is 9.80 Å². The van der Waals surface area contributed by atoms with Gasteiger partial charge >= 0.3 is 6.09 Å². The van der Waals surface area contributed by atoms with Crippen molar-refractivity contribution in [2.45, 2.75) is 25.4 Å². The molecule has 2 atom stereocenters. The topological polar surface area (TPSA) is 43.8 Å². The summed E-state index contributed by atoms with van der Waals surface area (Å²) in [5.41, 5.74) is 2.39. The van der Waals surface area contributed by atoms with Gasteiger partial charge in [0.2, 0.25) is 0 Å². The first-order valence-electron chi connectivity index (χ1n) is 8.59. The highest BCUT2D eigenvalue weighted by Gasteiger charge is 2.38. The third-order valence-electron chi connectivity index (χ3n) is 4.90. The molecule has 1 fully saturated rings. The Balaban J connectivity index is 1.84. The van der Waals surface area contributed by atoms with Crippen molar-refractivity contribution < 1.29 is 9.90 Å². The number of benzene rings is 2. The van der Waals surface area contributed by atoms with Crippen LogP contribution in [0.5, 0.6) is 0 Å². The second-order valence-electron chi connectivity index (χ2n) is 6.47. The molecule has 0 spiro atoms. The lowest BCUT2D eigenvalue weighted by molar-refractivity contribution is 0.124. The smallest absolute Gasteiger partial charge is 0.407 e. The summed E-state index contributed by atoms with van der Waals surface area (Å²) in [5.74, 6) is 0.150. The van der Waals surface area contributed by atoms with Gasteiger partial charge in [0.1, 0.15) is 0 Å². The van der Waals surface area contributed by atoms with E-state index in [2.05, 4.69) is 17.0 Å². The molecule has 2 aromatic carbocycles. The quantitative estimate of drug-likeness (QED) is 0.866. The lowest BCUT2D eigenvalue weighted by Crippen LogP contribution is -2.43. The summed E-state index contributed by atoms with van der Waals surface area (Å²) in [6.07, 6.45) is -0.854. The molecule has 0 aliphatic carbocycles. The maximum absolute atomic E-state index is 11.7. The number of hydrogen-bond acceptors (Lipinski definition) is 2. The van der Waals surface area contributed by atoms with Crippen molar-refractivity contribution in [2.24, 2.45) is 0 Å². The fourth-order valence-corrected chi connectivity index (χ4v) is 3.83.